The molecule has 0 aliphatic heterocycles. The van der Waals surface area contributed by atoms with Gasteiger partial charge < -0.3 is 14.9 Å². The minimum atomic E-state index is -0.840. The molecule has 0 fully saturated rings. The third-order valence-corrected chi connectivity index (χ3v) is 3.62. The van der Waals surface area contributed by atoms with Gasteiger partial charge in [-0.05, 0) is 19.9 Å². The number of nitrogens with zero attached hydrogens (tertiary/aromatic N) is 1. The fourth-order valence-corrected chi connectivity index (χ4v) is 2.30. The fourth-order valence-electron chi connectivity index (χ4n) is 2.04. The SMILES string of the molecule is Cc1noc(C)c1CC(=O)NCC(O)c1ccccc1Cl. The van der Waals surface area contributed by atoms with Gasteiger partial charge in [0.25, 0.3) is 0 Å². The molecule has 1 aromatic carbocycles. The van der Waals surface area contributed by atoms with E-state index in [4.69, 9.17) is 16.1 Å². The average molecular weight is 309 g/mol. The number of benzene rings is 1. The van der Waals surface area contributed by atoms with Crippen molar-refractivity contribution in [2.24, 2.45) is 0 Å². The number of halogens is 1. The molecule has 0 aliphatic rings. The number of rotatable bonds is 5. The molecule has 21 heavy (non-hydrogen) atoms. The molecule has 2 rings (SSSR count). The van der Waals surface area contributed by atoms with E-state index >= 15 is 0 Å². The summed E-state index contributed by atoms with van der Waals surface area (Å²) in [5, 5.41) is 17.0. The normalized spacial score (nSPS) is 12.2. The molecule has 0 saturated heterocycles. The fraction of sp³-hybridized carbons (Fsp3) is 0.333. The first-order valence-corrected chi connectivity index (χ1v) is 6.97. The molecule has 1 aromatic heterocycles. The van der Waals surface area contributed by atoms with Crippen LogP contribution in [0.3, 0.4) is 0 Å². The van der Waals surface area contributed by atoms with Gasteiger partial charge in [-0.15, -0.1) is 0 Å². The molecule has 112 valence electrons. The number of carbonyl (C=O) groups is 1. The molecule has 2 N–H and O–H groups in total. The Labute approximate surface area is 127 Å². The Kier molecular flexibility index (Phi) is 4.98. The van der Waals surface area contributed by atoms with Crippen molar-refractivity contribution in [2.75, 3.05) is 6.54 Å². The minimum Gasteiger partial charge on any atom is -0.387 e. The number of aryl methyl sites for hydroxylation is 2. The molecule has 1 atom stereocenters. The van der Waals surface area contributed by atoms with E-state index in [0.717, 1.165) is 5.56 Å². The lowest BCUT2D eigenvalue weighted by atomic mass is 10.1. The predicted octanol–water partition coefficient (Wildman–Crippen LogP) is 2.34. The van der Waals surface area contributed by atoms with Gasteiger partial charge in [0.1, 0.15) is 5.76 Å². The van der Waals surface area contributed by atoms with Crippen molar-refractivity contribution in [3.05, 3.63) is 51.9 Å². The Morgan fingerprint density at radius 3 is 2.76 bits per heavy atom. The molecule has 0 saturated carbocycles. The maximum atomic E-state index is 11.9. The lowest BCUT2D eigenvalue weighted by Crippen LogP contribution is -2.30. The standard InChI is InChI=1S/C15H17ClN2O3/c1-9-12(10(2)21-18-9)7-15(20)17-8-14(19)11-5-3-4-6-13(11)16/h3-6,14,19H,7-8H2,1-2H3,(H,17,20). The molecule has 0 aliphatic carbocycles. The van der Waals surface area contributed by atoms with E-state index in [1.54, 1.807) is 38.1 Å². The number of hydrogen-bond donors (Lipinski definition) is 2. The summed E-state index contributed by atoms with van der Waals surface area (Å²) in [5.41, 5.74) is 2.07. The van der Waals surface area contributed by atoms with Crippen LogP contribution in [0.4, 0.5) is 0 Å². The molecule has 0 radical (unpaired) electrons. The zero-order valence-electron chi connectivity index (χ0n) is 11.9. The van der Waals surface area contributed by atoms with Crippen LogP contribution in [0.2, 0.25) is 5.02 Å². The van der Waals surface area contributed by atoms with E-state index in [9.17, 15) is 9.90 Å². The predicted molar refractivity (Wildman–Crippen MR) is 79.1 cm³/mol. The Balaban J connectivity index is 1.91. The van der Waals surface area contributed by atoms with Gasteiger partial charge in [-0.1, -0.05) is 35.0 Å². The summed E-state index contributed by atoms with van der Waals surface area (Å²) in [4.78, 5) is 11.9. The van der Waals surface area contributed by atoms with Crippen LogP contribution in [-0.4, -0.2) is 22.7 Å². The van der Waals surface area contributed by atoms with Gasteiger partial charge in [-0.3, -0.25) is 4.79 Å². The number of amides is 1. The van der Waals surface area contributed by atoms with E-state index in [1.807, 2.05) is 0 Å². The van der Waals surface area contributed by atoms with Crippen LogP contribution in [0.25, 0.3) is 0 Å². The topological polar surface area (TPSA) is 75.4 Å². The Bertz CT molecular complexity index is 620. The van der Waals surface area contributed by atoms with Gasteiger partial charge in [-0.25, -0.2) is 0 Å². The monoisotopic (exact) mass is 308 g/mol. The van der Waals surface area contributed by atoms with Crippen LogP contribution >= 0.6 is 11.6 Å². The second-order valence-corrected chi connectivity index (χ2v) is 5.23. The third-order valence-electron chi connectivity index (χ3n) is 3.28. The van der Waals surface area contributed by atoms with E-state index in [2.05, 4.69) is 10.5 Å². The van der Waals surface area contributed by atoms with Crippen LogP contribution in [0.1, 0.15) is 28.7 Å². The van der Waals surface area contributed by atoms with Gasteiger partial charge in [0.15, 0.2) is 0 Å². The van der Waals surface area contributed by atoms with Crippen molar-refractivity contribution in [1.82, 2.24) is 10.5 Å². The van der Waals surface area contributed by atoms with Crippen molar-refractivity contribution < 1.29 is 14.4 Å². The first kappa shape index (κ1) is 15.5. The smallest absolute Gasteiger partial charge is 0.224 e. The van der Waals surface area contributed by atoms with Crippen molar-refractivity contribution in [2.45, 2.75) is 26.4 Å². The summed E-state index contributed by atoms with van der Waals surface area (Å²) in [6, 6.07) is 7.00. The summed E-state index contributed by atoms with van der Waals surface area (Å²) >= 11 is 6.00. The molecule has 2 aromatic rings. The Hall–Kier alpha value is -1.85. The van der Waals surface area contributed by atoms with Gasteiger partial charge in [-0.2, -0.15) is 0 Å². The highest BCUT2D eigenvalue weighted by Crippen LogP contribution is 2.21. The molecule has 1 unspecified atom stereocenters. The maximum absolute atomic E-state index is 11.9. The highest BCUT2D eigenvalue weighted by Gasteiger charge is 2.15. The van der Waals surface area contributed by atoms with Crippen molar-refractivity contribution in [3.63, 3.8) is 0 Å². The number of aliphatic hydroxyl groups excluding tert-OH is 1. The van der Waals surface area contributed by atoms with E-state index in [0.29, 0.717) is 22.0 Å². The van der Waals surface area contributed by atoms with Crippen molar-refractivity contribution in [1.29, 1.82) is 0 Å². The zero-order valence-corrected chi connectivity index (χ0v) is 12.6. The second-order valence-electron chi connectivity index (χ2n) is 4.82. The van der Waals surface area contributed by atoms with Crippen LogP contribution in [-0.2, 0) is 11.2 Å². The number of aliphatic hydroxyl groups is 1. The number of nitrogens with one attached hydrogen (secondary N) is 1. The zero-order chi connectivity index (χ0) is 15.4. The molecule has 1 amide bonds. The maximum Gasteiger partial charge on any atom is 0.224 e. The summed E-state index contributed by atoms with van der Waals surface area (Å²) in [5.74, 6) is 0.435. The van der Waals surface area contributed by atoms with Crippen LogP contribution in [0.15, 0.2) is 28.8 Å². The number of carbonyl (C=O) groups excluding carboxylic acids is 1. The third kappa shape index (κ3) is 3.83. The molecule has 0 bridgehead atoms. The highest BCUT2D eigenvalue weighted by molar-refractivity contribution is 6.31. The van der Waals surface area contributed by atoms with E-state index in [-0.39, 0.29) is 18.9 Å². The summed E-state index contributed by atoms with van der Waals surface area (Å²) < 4.78 is 5.01. The molecule has 6 heteroatoms. The number of aromatic nitrogens is 1. The Morgan fingerprint density at radius 1 is 1.43 bits per heavy atom. The molecule has 5 nitrogen and oxygen atoms in total. The van der Waals surface area contributed by atoms with Crippen LogP contribution < -0.4 is 5.32 Å². The second kappa shape index (κ2) is 6.74. The van der Waals surface area contributed by atoms with Gasteiger partial charge in [0.05, 0.1) is 18.2 Å². The lowest BCUT2D eigenvalue weighted by molar-refractivity contribution is -0.120. The van der Waals surface area contributed by atoms with E-state index in [1.165, 1.54) is 0 Å². The van der Waals surface area contributed by atoms with Gasteiger partial charge >= 0.3 is 0 Å². The summed E-state index contributed by atoms with van der Waals surface area (Å²) in [6.45, 7) is 3.66. The van der Waals surface area contributed by atoms with Crippen molar-refractivity contribution in [3.8, 4) is 0 Å². The lowest BCUT2D eigenvalue weighted by Gasteiger charge is -2.13. The Morgan fingerprint density at radius 2 is 2.14 bits per heavy atom. The minimum absolute atomic E-state index is 0.103. The first-order chi connectivity index (χ1) is 9.99. The van der Waals surface area contributed by atoms with Gasteiger partial charge in [0.2, 0.25) is 5.91 Å². The molecular formula is C15H17ClN2O3. The van der Waals surface area contributed by atoms with Crippen LogP contribution in [0.5, 0.6) is 0 Å². The molecule has 1 heterocycles. The van der Waals surface area contributed by atoms with Crippen LogP contribution in [0, 0.1) is 13.8 Å². The molecular weight excluding hydrogens is 292 g/mol. The first-order valence-electron chi connectivity index (χ1n) is 6.60. The van der Waals surface area contributed by atoms with E-state index < -0.39 is 6.10 Å². The summed E-state index contributed by atoms with van der Waals surface area (Å²) in [7, 11) is 0. The average Bonchev–Trinajstić information content (AvgIpc) is 2.77. The molecule has 0 spiro atoms. The van der Waals surface area contributed by atoms with Crippen molar-refractivity contribution >= 4 is 17.5 Å². The van der Waals surface area contributed by atoms with Gasteiger partial charge in [0, 0.05) is 22.7 Å². The quantitative estimate of drug-likeness (QED) is 0.889. The number of hydrogen-bond acceptors (Lipinski definition) is 4. The highest BCUT2D eigenvalue weighted by atomic mass is 35.5. The largest absolute Gasteiger partial charge is 0.387 e. The summed E-state index contributed by atoms with van der Waals surface area (Å²) in [6.07, 6.45) is -0.663.